The van der Waals surface area contributed by atoms with Crippen molar-refractivity contribution in [1.29, 1.82) is 0 Å². The van der Waals surface area contributed by atoms with Crippen LogP contribution in [0.1, 0.15) is 29.8 Å². The average molecular weight is 280 g/mol. The third-order valence-electron chi connectivity index (χ3n) is 3.85. The second kappa shape index (κ2) is 7.40. The third-order valence-corrected chi connectivity index (χ3v) is 3.85. The van der Waals surface area contributed by atoms with Crippen LogP contribution < -0.4 is 5.32 Å². The fourth-order valence-electron chi connectivity index (χ4n) is 2.67. The number of aliphatic hydroxyl groups is 1. The van der Waals surface area contributed by atoms with Crippen LogP contribution in [-0.4, -0.2) is 58.3 Å². The van der Waals surface area contributed by atoms with Gasteiger partial charge in [0.1, 0.15) is 5.69 Å². The largest absolute Gasteiger partial charge is 0.396 e. The first-order valence-electron chi connectivity index (χ1n) is 7.28. The monoisotopic (exact) mass is 280 g/mol. The van der Waals surface area contributed by atoms with Crippen LogP contribution in [0.3, 0.4) is 0 Å². The summed E-state index contributed by atoms with van der Waals surface area (Å²) in [5.41, 5.74) is 0.586. The van der Waals surface area contributed by atoms with Gasteiger partial charge < -0.3 is 19.9 Å². The van der Waals surface area contributed by atoms with Gasteiger partial charge in [-0.3, -0.25) is 4.79 Å². The van der Waals surface area contributed by atoms with Crippen molar-refractivity contribution in [3.63, 3.8) is 0 Å². The molecule has 0 bridgehead atoms. The zero-order valence-corrected chi connectivity index (χ0v) is 12.1. The Morgan fingerprint density at radius 3 is 3.15 bits per heavy atom. The minimum absolute atomic E-state index is 0.0723. The molecule has 2 heterocycles. The molecule has 1 saturated heterocycles. The highest BCUT2D eigenvalue weighted by Gasteiger charge is 2.18. The predicted octanol–water partition coefficient (Wildman–Crippen LogP) is 0.244. The molecule has 0 radical (unpaired) electrons. The lowest BCUT2D eigenvalue weighted by molar-refractivity contribution is 0.0938. The SMILES string of the molecule is Cn1cncc1C(=O)NCCCN1CCCC(CO)C1. The zero-order valence-electron chi connectivity index (χ0n) is 12.1. The number of aliphatic hydroxyl groups excluding tert-OH is 1. The summed E-state index contributed by atoms with van der Waals surface area (Å²) < 4.78 is 1.71. The number of hydrogen-bond donors (Lipinski definition) is 2. The molecule has 2 N–H and O–H groups in total. The molecule has 1 aromatic heterocycles. The van der Waals surface area contributed by atoms with Crippen LogP contribution in [0.5, 0.6) is 0 Å². The summed E-state index contributed by atoms with van der Waals surface area (Å²) in [4.78, 5) is 18.2. The van der Waals surface area contributed by atoms with E-state index in [2.05, 4.69) is 15.2 Å². The molecule has 1 fully saturated rings. The highest BCUT2D eigenvalue weighted by Crippen LogP contribution is 2.15. The molecule has 1 atom stereocenters. The molecule has 1 aromatic rings. The van der Waals surface area contributed by atoms with E-state index in [9.17, 15) is 9.90 Å². The van der Waals surface area contributed by atoms with E-state index in [1.165, 1.54) is 0 Å². The van der Waals surface area contributed by atoms with Crippen molar-refractivity contribution in [3.05, 3.63) is 18.2 Å². The van der Waals surface area contributed by atoms with E-state index in [1.54, 1.807) is 17.1 Å². The van der Waals surface area contributed by atoms with E-state index in [1.807, 2.05) is 7.05 Å². The molecule has 112 valence electrons. The van der Waals surface area contributed by atoms with Gasteiger partial charge in [0.2, 0.25) is 0 Å². The van der Waals surface area contributed by atoms with Gasteiger partial charge in [-0.05, 0) is 38.3 Å². The summed E-state index contributed by atoms with van der Waals surface area (Å²) >= 11 is 0. The highest BCUT2D eigenvalue weighted by molar-refractivity contribution is 5.92. The van der Waals surface area contributed by atoms with Crippen molar-refractivity contribution in [2.24, 2.45) is 13.0 Å². The van der Waals surface area contributed by atoms with Crippen LogP contribution in [0.25, 0.3) is 0 Å². The van der Waals surface area contributed by atoms with Crippen LogP contribution in [0, 0.1) is 5.92 Å². The number of imidazole rings is 1. The summed E-state index contributed by atoms with van der Waals surface area (Å²) in [6.45, 7) is 4.01. The maximum Gasteiger partial charge on any atom is 0.269 e. The molecule has 0 spiro atoms. The molecule has 0 saturated carbocycles. The first-order valence-corrected chi connectivity index (χ1v) is 7.28. The zero-order chi connectivity index (χ0) is 14.4. The Kier molecular flexibility index (Phi) is 5.55. The number of aryl methyl sites for hydroxylation is 1. The van der Waals surface area contributed by atoms with Crippen molar-refractivity contribution in [2.45, 2.75) is 19.3 Å². The standard InChI is InChI=1S/C14H24N4O2/c1-17-11-15-8-13(17)14(20)16-5-3-7-18-6-2-4-12(9-18)10-19/h8,11-12,19H,2-7,9-10H2,1H3,(H,16,20). The van der Waals surface area contributed by atoms with Crippen molar-refractivity contribution >= 4 is 5.91 Å². The summed E-state index contributed by atoms with van der Waals surface area (Å²) in [5, 5.41) is 12.1. The number of likely N-dealkylation sites (tertiary alicyclic amines) is 1. The Bertz CT molecular complexity index is 433. The van der Waals surface area contributed by atoms with E-state index in [4.69, 9.17) is 0 Å². The van der Waals surface area contributed by atoms with E-state index in [0.29, 0.717) is 18.2 Å². The fourth-order valence-corrected chi connectivity index (χ4v) is 2.67. The molecular weight excluding hydrogens is 256 g/mol. The quantitative estimate of drug-likeness (QED) is 0.733. The van der Waals surface area contributed by atoms with Crippen molar-refractivity contribution < 1.29 is 9.90 Å². The topological polar surface area (TPSA) is 70.4 Å². The van der Waals surface area contributed by atoms with E-state index >= 15 is 0 Å². The summed E-state index contributed by atoms with van der Waals surface area (Å²) in [6, 6.07) is 0. The second-order valence-electron chi connectivity index (χ2n) is 5.49. The second-order valence-corrected chi connectivity index (χ2v) is 5.49. The molecule has 1 amide bonds. The van der Waals surface area contributed by atoms with Gasteiger partial charge in [-0.2, -0.15) is 0 Å². The van der Waals surface area contributed by atoms with E-state index in [0.717, 1.165) is 38.9 Å². The Balaban J connectivity index is 1.64. The Labute approximate surface area is 119 Å². The smallest absolute Gasteiger partial charge is 0.269 e. The number of piperidine rings is 1. The van der Waals surface area contributed by atoms with Crippen LogP contribution in [0.15, 0.2) is 12.5 Å². The van der Waals surface area contributed by atoms with Gasteiger partial charge >= 0.3 is 0 Å². The van der Waals surface area contributed by atoms with Crippen molar-refractivity contribution in [1.82, 2.24) is 19.8 Å². The first kappa shape index (κ1) is 15.0. The van der Waals surface area contributed by atoms with Gasteiger partial charge in [-0.15, -0.1) is 0 Å². The van der Waals surface area contributed by atoms with Crippen LogP contribution in [0.4, 0.5) is 0 Å². The van der Waals surface area contributed by atoms with Crippen LogP contribution in [-0.2, 0) is 7.05 Å². The van der Waals surface area contributed by atoms with Crippen molar-refractivity contribution in [3.8, 4) is 0 Å². The van der Waals surface area contributed by atoms with Gasteiger partial charge in [0, 0.05) is 26.7 Å². The number of rotatable bonds is 6. The number of nitrogens with one attached hydrogen (secondary N) is 1. The summed E-state index contributed by atoms with van der Waals surface area (Å²) in [5.74, 6) is 0.352. The maximum atomic E-state index is 11.9. The number of aromatic nitrogens is 2. The number of nitrogens with zero attached hydrogens (tertiary/aromatic N) is 3. The third kappa shape index (κ3) is 4.05. The van der Waals surface area contributed by atoms with Crippen molar-refractivity contribution in [2.75, 3.05) is 32.8 Å². The fraction of sp³-hybridized carbons (Fsp3) is 0.714. The van der Waals surface area contributed by atoms with Gasteiger partial charge in [0.05, 0.1) is 12.5 Å². The number of hydrogen-bond acceptors (Lipinski definition) is 4. The number of amides is 1. The molecule has 2 rings (SSSR count). The number of carbonyl (C=O) groups excluding carboxylic acids is 1. The van der Waals surface area contributed by atoms with Gasteiger partial charge in [-0.1, -0.05) is 0 Å². The molecular formula is C14H24N4O2. The summed E-state index contributed by atoms with van der Waals surface area (Å²) in [6.07, 6.45) is 6.42. The lowest BCUT2D eigenvalue weighted by Crippen LogP contribution is -2.38. The lowest BCUT2D eigenvalue weighted by Gasteiger charge is -2.31. The Hall–Kier alpha value is -1.40. The number of carbonyl (C=O) groups is 1. The molecule has 20 heavy (non-hydrogen) atoms. The molecule has 1 unspecified atom stereocenters. The minimum atomic E-state index is -0.0723. The van der Waals surface area contributed by atoms with Gasteiger partial charge in [0.25, 0.3) is 5.91 Å². The highest BCUT2D eigenvalue weighted by atomic mass is 16.3. The van der Waals surface area contributed by atoms with E-state index in [-0.39, 0.29) is 12.5 Å². The average Bonchev–Trinajstić information content (AvgIpc) is 2.90. The Morgan fingerprint density at radius 1 is 1.60 bits per heavy atom. The minimum Gasteiger partial charge on any atom is -0.396 e. The van der Waals surface area contributed by atoms with Crippen LogP contribution in [0.2, 0.25) is 0 Å². The maximum absolute atomic E-state index is 11.9. The predicted molar refractivity (Wildman–Crippen MR) is 76.4 cm³/mol. The summed E-state index contributed by atoms with van der Waals surface area (Å²) in [7, 11) is 1.81. The lowest BCUT2D eigenvalue weighted by atomic mass is 9.99. The molecule has 1 aliphatic rings. The molecule has 0 aliphatic carbocycles. The van der Waals surface area contributed by atoms with Crippen LogP contribution >= 0.6 is 0 Å². The van der Waals surface area contributed by atoms with E-state index < -0.39 is 0 Å². The molecule has 6 nitrogen and oxygen atoms in total. The molecule has 1 aliphatic heterocycles. The molecule has 0 aromatic carbocycles. The van der Waals surface area contributed by atoms with Gasteiger partial charge in [0.15, 0.2) is 0 Å². The Morgan fingerprint density at radius 2 is 2.45 bits per heavy atom. The first-order chi connectivity index (χ1) is 9.70. The molecule has 6 heteroatoms. The normalized spacial score (nSPS) is 20.0. The van der Waals surface area contributed by atoms with Gasteiger partial charge in [-0.25, -0.2) is 4.98 Å².